The van der Waals surface area contributed by atoms with E-state index in [4.69, 9.17) is 4.52 Å². The van der Waals surface area contributed by atoms with Gasteiger partial charge in [0.25, 0.3) is 0 Å². The average Bonchev–Trinajstić information content (AvgIpc) is 2.94. The van der Waals surface area contributed by atoms with E-state index in [1.165, 1.54) is 12.8 Å². The van der Waals surface area contributed by atoms with E-state index in [0.29, 0.717) is 24.0 Å². The third-order valence-electron chi connectivity index (χ3n) is 4.03. The highest BCUT2D eigenvalue weighted by Crippen LogP contribution is 2.33. The van der Waals surface area contributed by atoms with Crippen LogP contribution < -0.4 is 5.32 Å². The van der Waals surface area contributed by atoms with Gasteiger partial charge in [0.1, 0.15) is 0 Å². The van der Waals surface area contributed by atoms with Crippen LogP contribution in [0.4, 0.5) is 5.88 Å². The first-order chi connectivity index (χ1) is 9.92. The number of hydrogen-bond donors (Lipinski definition) is 2. The van der Waals surface area contributed by atoms with Crippen molar-refractivity contribution in [1.82, 2.24) is 10.1 Å². The molecule has 1 aromatic rings. The largest absolute Gasteiger partial charge is 0.390 e. The highest BCUT2D eigenvalue weighted by atomic mass is 16.5. The first-order valence-electron chi connectivity index (χ1n) is 7.67. The number of carbonyl (C=O) groups is 1. The van der Waals surface area contributed by atoms with Crippen LogP contribution in [0.25, 0.3) is 0 Å². The van der Waals surface area contributed by atoms with Crippen molar-refractivity contribution in [2.24, 2.45) is 0 Å². The second-order valence-corrected chi connectivity index (χ2v) is 6.79. The summed E-state index contributed by atoms with van der Waals surface area (Å²) >= 11 is 0. The molecule has 2 fully saturated rings. The average molecular weight is 293 g/mol. The number of likely N-dealkylation sites (tertiary alicyclic amines) is 1. The Kier molecular flexibility index (Phi) is 3.75. The Labute approximate surface area is 124 Å². The normalized spacial score (nSPS) is 23.5. The molecule has 6 heteroatoms. The number of hydrogen-bond acceptors (Lipinski definition) is 5. The minimum absolute atomic E-state index is 0.00893. The zero-order valence-electron chi connectivity index (χ0n) is 12.6. The first kappa shape index (κ1) is 14.5. The van der Waals surface area contributed by atoms with Gasteiger partial charge in [0.2, 0.25) is 11.8 Å². The second-order valence-electron chi connectivity index (χ2n) is 6.79. The molecule has 2 heterocycles. The Morgan fingerprint density at radius 2 is 2.29 bits per heavy atom. The standard InChI is InChI=1S/C15H23N3O3/c1-15(2,20)9-10-8-13(21-17-10)16-14(19)12-4-3-7-18(12)11-5-6-11/h8,11-12,20H,3-7,9H2,1-2H3,(H,16,19). The van der Waals surface area contributed by atoms with Crippen LogP contribution in [0.5, 0.6) is 0 Å². The summed E-state index contributed by atoms with van der Waals surface area (Å²) in [5, 5.41) is 16.5. The molecule has 6 nitrogen and oxygen atoms in total. The number of rotatable bonds is 5. The van der Waals surface area contributed by atoms with E-state index in [9.17, 15) is 9.90 Å². The van der Waals surface area contributed by atoms with Crippen molar-refractivity contribution in [3.8, 4) is 0 Å². The molecule has 1 saturated carbocycles. The van der Waals surface area contributed by atoms with E-state index < -0.39 is 5.60 Å². The fourth-order valence-electron chi connectivity index (χ4n) is 3.02. The van der Waals surface area contributed by atoms with Gasteiger partial charge in [-0.2, -0.15) is 0 Å². The predicted molar refractivity (Wildman–Crippen MR) is 77.9 cm³/mol. The van der Waals surface area contributed by atoms with E-state index in [2.05, 4.69) is 15.4 Å². The SMILES string of the molecule is CC(C)(O)Cc1cc(NC(=O)C2CCCN2C2CC2)on1. The topological polar surface area (TPSA) is 78.6 Å². The van der Waals surface area contributed by atoms with Gasteiger partial charge in [0.05, 0.1) is 17.3 Å². The molecule has 116 valence electrons. The molecule has 1 aliphatic carbocycles. The molecule has 1 aromatic heterocycles. The Balaban J connectivity index is 1.59. The van der Waals surface area contributed by atoms with Gasteiger partial charge >= 0.3 is 0 Å². The quantitative estimate of drug-likeness (QED) is 0.861. The van der Waals surface area contributed by atoms with Crippen LogP contribution >= 0.6 is 0 Å². The summed E-state index contributed by atoms with van der Waals surface area (Å²) < 4.78 is 5.14. The van der Waals surface area contributed by atoms with Crippen molar-refractivity contribution >= 4 is 11.8 Å². The smallest absolute Gasteiger partial charge is 0.244 e. The highest BCUT2D eigenvalue weighted by Gasteiger charge is 2.40. The number of aromatic nitrogens is 1. The van der Waals surface area contributed by atoms with E-state index in [1.54, 1.807) is 19.9 Å². The molecular weight excluding hydrogens is 270 g/mol. The molecule has 1 atom stereocenters. The number of nitrogens with zero attached hydrogens (tertiary/aromatic N) is 2. The van der Waals surface area contributed by atoms with Crippen molar-refractivity contribution < 1.29 is 14.4 Å². The molecule has 0 aromatic carbocycles. The number of anilines is 1. The fourth-order valence-corrected chi connectivity index (χ4v) is 3.02. The molecule has 0 spiro atoms. The molecule has 0 radical (unpaired) electrons. The molecule has 1 saturated heterocycles. The Hall–Kier alpha value is -1.40. The van der Waals surface area contributed by atoms with E-state index in [1.807, 2.05) is 0 Å². The van der Waals surface area contributed by atoms with Crippen LogP contribution in [-0.4, -0.2) is 45.3 Å². The van der Waals surface area contributed by atoms with Crippen LogP contribution in [0, 0.1) is 0 Å². The number of nitrogens with one attached hydrogen (secondary N) is 1. The van der Waals surface area contributed by atoms with Crippen LogP contribution in [-0.2, 0) is 11.2 Å². The van der Waals surface area contributed by atoms with Crippen LogP contribution in [0.2, 0.25) is 0 Å². The molecule has 1 aliphatic heterocycles. The molecular formula is C15H23N3O3. The summed E-state index contributed by atoms with van der Waals surface area (Å²) in [7, 11) is 0. The van der Waals surface area contributed by atoms with Crippen molar-refractivity contribution in [2.75, 3.05) is 11.9 Å². The minimum Gasteiger partial charge on any atom is -0.390 e. The van der Waals surface area contributed by atoms with Gasteiger partial charge in [0, 0.05) is 18.5 Å². The van der Waals surface area contributed by atoms with E-state index >= 15 is 0 Å². The number of aliphatic hydroxyl groups is 1. The summed E-state index contributed by atoms with van der Waals surface area (Å²) in [6.45, 7) is 4.45. The van der Waals surface area contributed by atoms with Gasteiger partial charge in [-0.1, -0.05) is 5.16 Å². The zero-order chi connectivity index (χ0) is 15.0. The van der Waals surface area contributed by atoms with Gasteiger partial charge in [-0.3, -0.25) is 15.0 Å². The monoisotopic (exact) mass is 293 g/mol. The lowest BCUT2D eigenvalue weighted by molar-refractivity contribution is -0.120. The van der Waals surface area contributed by atoms with Gasteiger partial charge in [-0.05, 0) is 46.1 Å². The highest BCUT2D eigenvalue weighted by molar-refractivity contribution is 5.94. The molecule has 0 bridgehead atoms. The maximum atomic E-state index is 12.4. The Morgan fingerprint density at radius 3 is 2.95 bits per heavy atom. The van der Waals surface area contributed by atoms with Crippen molar-refractivity contribution in [2.45, 2.75) is 63.6 Å². The molecule has 2 aliphatic rings. The Morgan fingerprint density at radius 1 is 1.52 bits per heavy atom. The number of amides is 1. The molecule has 2 N–H and O–H groups in total. The summed E-state index contributed by atoms with van der Waals surface area (Å²) in [5.41, 5.74) is -0.199. The summed E-state index contributed by atoms with van der Waals surface area (Å²) in [4.78, 5) is 14.7. The van der Waals surface area contributed by atoms with Gasteiger partial charge in [0.15, 0.2) is 0 Å². The predicted octanol–water partition coefficient (Wildman–Crippen LogP) is 1.55. The second kappa shape index (κ2) is 5.42. The van der Waals surface area contributed by atoms with Gasteiger partial charge in [-0.15, -0.1) is 0 Å². The lowest BCUT2D eigenvalue weighted by atomic mass is 10.0. The maximum absolute atomic E-state index is 12.4. The van der Waals surface area contributed by atoms with Crippen molar-refractivity contribution in [3.63, 3.8) is 0 Å². The van der Waals surface area contributed by atoms with Gasteiger partial charge in [-0.25, -0.2) is 0 Å². The molecule has 21 heavy (non-hydrogen) atoms. The van der Waals surface area contributed by atoms with Crippen LogP contribution in [0.15, 0.2) is 10.6 Å². The fraction of sp³-hybridized carbons (Fsp3) is 0.733. The van der Waals surface area contributed by atoms with E-state index in [0.717, 1.165) is 19.4 Å². The maximum Gasteiger partial charge on any atom is 0.244 e. The molecule has 3 rings (SSSR count). The van der Waals surface area contributed by atoms with E-state index in [-0.39, 0.29) is 11.9 Å². The summed E-state index contributed by atoms with van der Waals surface area (Å²) in [5.74, 6) is 0.354. The molecule has 1 amide bonds. The Bertz CT molecular complexity index is 516. The third kappa shape index (κ3) is 3.63. The lowest BCUT2D eigenvalue weighted by Crippen LogP contribution is -2.40. The summed E-state index contributed by atoms with van der Waals surface area (Å²) in [6.07, 6.45) is 4.80. The van der Waals surface area contributed by atoms with Crippen molar-refractivity contribution in [1.29, 1.82) is 0 Å². The summed E-state index contributed by atoms with van der Waals surface area (Å²) in [6, 6.07) is 2.25. The minimum atomic E-state index is -0.841. The van der Waals surface area contributed by atoms with Gasteiger partial charge < -0.3 is 9.63 Å². The zero-order valence-corrected chi connectivity index (χ0v) is 12.6. The van der Waals surface area contributed by atoms with Crippen molar-refractivity contribution in [3.05, 3.63) is 11.8 Å². The van der Waals surface area contributed by atoms with Crippen LogP contribution in [0.3, 0.4) is 0 Å². The lowest BCUT2D eigenvalue weighted by Gasteiger charge is -2.22. The third-order valence-corrected chi connectivity index (χ3v) is 4.03. The molecule has 1 unspecified atom stereocenters. The first-order valence-corrected chi connectivity index (χ1v) is 7.67. The van der Waals surface area contributed by atoms with Crippen LogP contribution in [0.1, 0.15) is 45.2 Å². The number of carbonyl (C=O) groups excluding carboxylic acids is 1.